The van der Waals surface area contributed by atoms with E-state index in [1.165, 1.54) is 19.3 Å². The zero-order chi connectivity index (χ0) is 38.0. The highest BCUT2D eigenvalue weighted by Gasteiger charge is 2.58. The van der Waals surface area contributed by atoms with Crippen LogP contribution in [0.5, 0.6) is 0 Å². The molecule has 7 rings (SSSR count). The summed E-state index contributed by atoms with van der Waals surface area (Å²) >= 11 is 0. The topological polar surface area (TPSA) is 148 Å². The summed E-state index contributed by atoms with van der Waals surface area (Å²) < 4.78 is 6.39. The van der Waals surface area contributed by atoms with Gasteiger partial charge in [-0.2, -0.15) is 5.06 Å². The van der Waals surface area contributed by atoms with Gasteiger partial charge >= 0.3 is 0 Å². The van der Waals surface area contributed by atoms with Gasteiger partial charge in [-0.1, -0.05) is 27.2 Å². The van der Waals surface area contributed by atoms with Crippen LogP contribution >= 0.6 is 0 Å². The van der Waals surface area contributed by atoms with E-state index in [9.17, 15) is 19.8 Å². The van der Waals surface area contributed by atoms with Gasteiger partial charge in [0.25, 0.3) is 0 Å². The number of fused-ring (bicyclic) bond motifs is 2. The standard InChI is InChI=1S/C41H74N6O6/c1-24-32-20-29(41(32,3)4)21-33(24)45-40(51)37-36(25(2)49)34(23-48)53-47(37)22-26-11-10-12-31(38(26)52-7)27-17-28(19-30(18-27)46(5)6)39(50)44-16-15-43-35-13-8-9-14-42-35/h24-38,42-43,48-49H,8-23H2,1-7H3,(H,44,50)(H,45,51)/t24-,25-,26?,27?,28?,29+,30?,31?,32-,33-,34-,35?,36+,37-,38?/m0/s1. The largest absolute Gasteiger partial charge is 0.394 e. The van der Waals surface area contributed by atoms with Crippen LogP contribution < -0.4 is 21.3 Å². The summed E-state index contributed by atoms with van der Waals surface area (Å²) in [6.07, 6.45) is 10.4. The number of carbonyl (C=O) groups is 2. The van der Waals surface area contributed by atoms with Crippen LogP contribution in [0, 0.1) is 52.8 Å². The third-order valence-electron chi connectivity index (χ3n) is 15.3. The Balaban J connectivity index is 1.11. The minimum absolute atomic E-state index is 0.0438. The van der Waals surface area contributed by atoms with E-state index >= 15 is 0 Å². The number of hydrogen-bond donors (Lipinski definition) is 6. The predicted molar refractivity (Wildman–Crippen MR) is 205 cm³/mol. The number of nitrogens with one attached hydrogen (secondary N) is 4. The molecular weight excluding hydrogens is 672 g/mol. The Bertz CT molecular complexity index is 1220. The predicted octanol–water partition coefficient (Wildman–Crippen LogP) is 2.73. The van der Waals surface area contributed by atoms with Crippen molar-refractivity contribution >= 4 is 11.8 Å². The van der Waals surface area contributed by atoms with Crippen LogP contribution in [0.4, 0.5) is 0 Å². The zero-order valence-corrected chi connectivity index (χ0v) is 33.9. The maximum Gasteiger partial charge on any atom is 0.240 e. The highest BCUT2D eigenvalue weighted by Crippen LogP contribution is 2.61. The first-order chi connectivity index (χ1) is 25.3. The molecule has 12 heteroatoms. The first-order valence-electron chi connectivity index (χ1n) is 21.3. The fourth-order valence-electron chi connectivity index (χ4n) is 12.0. The average Bonchev–Trinajstić information content (AvgIpc) is 3.52. The van der Waals surface area contributed by atoms with Crippen LogP contribution in [-0.4, -0.2) is 129 Å². The van der Waals surface area contributed by atoms with Crippen molar-refractivity contribution in [2.45, 2.75) is 141 Å². The molecule has 0 aromatic rings. The molecule has 15 atom stereocenters. The maximum atomic E-state index is 14.3. The molecule has 0 aromatic heterocycles. The van der Waals surface area contributed by atoms with Gasteiger partial charge < -0.3 is 41.1 Å². The molecule has 7 unspecified atom stereocenters. The Kier molecular flexibility index (Phi) is 13.9. The van der Waals surface area contributed by atoms with Crippen molar-refractivity contribution < 1.29 is 29.4 Å². The third-order valence-corrected chi connectivity index (χ3v) is 15.3. The lowest BCUT2D eigenvalue weighted by molar-refractivity contribution is -0.193. The Labute approximate surface area is 319 Å². The molecule has 7 aliphatic rings. The smallest absolute Gasteiger partial charge is 0.240 e. The highest BCUT2D eigenvalue weighted by atomic mass is 16.7. The van der Waals surface area contributed by atoms with Crippen molar-refractivity contribution in [2.24, 2.45) is 52.8 Å². The first-order valence-corrected chi connectivity index (χ1v) is 21.3. The van der Waals surface area contributed by atoms with E-state index in [1.54, 1.807) is 12.0 Å². The summed E-state index contributed by atoms with van der Waals surface area (Å²) in [5, 5.41) is 36.9. The molecule has 53 heavy (non-hydrogen) atoms. The van der Waals surface area contributed by atoms with Gasteiger partial charge in [0.1, 0.15) is 12.1 Å². The summed E-state index contributed by atoms with van der Waals surface area (Å²) in [6, 6.07) is -0.286. The van der Waals surface area contributed by atoms with E-state index in [0.29, 0.717) is 54.4 Å². The van der Waals surface area contributed by atoms with Gasteiger partial charge in [-0.25, -0.2) is 0 Å². The van der Waals surface area contributed by atoms with E-state index in [1.807, 2.05) is 7.11 Å². The molecule has 6 N–H and O–H groups in total. The summed E-state index contributed by atoms with van der Waals surface area (Å²) in [5.74, 6) is 1.78. The number of rotatable bonds is 14. The fourth-order valence-corrected chi connectivity index (χ4v) is 12.0. The Morgan fingerprint density at radius 3 is 2.47 bits per heavy atom. The molecule has 7 fully saturated rings. The van der Waals surface area contributed by atoms with Crippen molar-refractivity contribution in [3.63, 3.8) is 0 Å². The first kappa shape index (κ1) is 41.3. The number of methoxy groups -OCH3 is 1. The van der Waals surface area contributed by atoms with Crippen LogP contribution in [0.1, 0.15) is 98.3 Å². The van der Waals surface area contributed by atoms with E-state index in [0.717, 1.165) is 64.5 Å². The van der Waals surface area contributed by atoms with Crippen molar-refractivity contribution in [3.8, 4) is 0 Å². The molecule has 0 radical (unpaired) electrons. The lowest BCUT2D eigenvalue weighted by atomic mass is 9.45. The quantitative estimate of drug-likeness (QED) is 0.147. The molecule has 2 saturated heterocycles. The molecule has 2 heterocycles. The fraction of sp³-hybridized carbons (Fsp3) is 0.951. The van der Waals surface area contributed by atoms with Crippen LogP contribution in [0.25, 0.3) is 0 Å². The second-order valence-corrected chi connectivity index (χ2v) is 18.8. The van der Waals surface area contributed by atoms with Gasteiger partial charge in [-0.3, -0.25) is 14.4 Å². The minimum atomic E-state index is -0.825. The molecule has 5 saturated carbocycles. The Morgan fingerprint density at radius 1 is 1.04 bits per heavy atom. The number of hydrogen-bond acceptors (Lipinski definition) is 10. The van der Waals surface area contributed by atoms with Gasteiger partial charge in [-0.05, 0) is 127 Å². The minimum Gasteiger partial charge on any atom is -0.394 e. The van der Waals surface area contributed by atoms with Crippen molar-refractivity contribution in [1.82, 2.24) is 31.2 Å². The van der Waals surface area contributed by atoms with E-state index in [2.05, 4.69) is 61.0 Å². The van der Waals surface area contributed by atoms with Crippen molar-refractivity contribution in [2.75, 3.05) is 54.0 Å². The number of piperidine rings is 1. The molecule has 2 bridgehead atoms. The van der Waals surface area contributed by atoms with Crippen molar-refractivity contribution in [1.29, 1.82) is 0 Å². The van der Waals surface area contributed by atoms with Crippen LogP contribution in [0.3, 0.4) is 0 Å². The normalized spacial score (nSPS) is 42.2. The van der Waals surface area contributed by atoms with Gasteiger partial charge in [0.15, 0.2) is 0 Å². The molecule has 0 aromatic carbocycles. The number of aliphatic hydroxyl groups excluding tert-OH is 2. The molecule has 12 nitrogen and oxygen atoms in total. The summed E-state index contributed by atoms with van der Waals surface area (Å²) in [7, 11) is 6.07. The van der Waals surface area contributed by atoms with E-state index < -0.39 is 24.2 Å². The number of ether oxygens (including phenoxy) is 1. The molecule has 0 spiro atoms. The lowest BCUT2D eigenvalue weighted by Crippen LogP contribution is -2.62. The summed E-state index contributed by atoms with van der Waals surface area (Å²) in [4.78, 5) is 36.6. The molecular formula is C41H74N6O6. The monoisotopic (exact) mass is 747 g/mol. The SMILES string of the molecule is COC1C(CN2O[C@@H](CO)[C@@H]([C@H](C)O)[C@H]2C(=O)N[C@H]2C[C@H]3C[C@@H]([C@@H]2C)C3(C)C)CCCC1C1CC(C(=O)NCCNC2CCCCN2)CC(N(C)C)C1. The van der Waals surface area contributed by atoms with E-state index in [4.69, 9.17) is 9.57 Å². The Morgan fingerprint density at radius 2 is 1.83 bits per heavy atom. The molecule has 2 amide bonds. The van der Waals surface area contributed by atoms with Gasteiger partial charge in [0.05, 0.1) is 25.0 Å². The number of carbonyl (C=O) groups excluding carboxylic acids is 2. The molecule has 304 valence electrons. The Hall–Kier alpha value is -1.38. The molecule has 5 aliphatic carbocycles. The third kappa shape index (κ3) is 8.95. The van der Waals surface area contributed by atoms with Crippen LogP contribution in [-0.2, 0) is 19.2 Å². The maximum absolute atomic E-state index is 14.3. The van der Waals surface area contributed by atoms with Crippen LogP contribution in [0.15, 0.2) is 0 Å². The van der Waals surface area contributed by atoms with Gasteiger partial charge in [0, 0.05) is 56.6 Å². The second-order valence-electron chi connectivity index (χ2n) is 18.8. The highest BCUT2D eigenvalue weighted by molar-refractivity contribution is 5.83. The van der Waals surface area contributed by atoms with Crippen LogP contribution in [0.2, 0.25) is 0 Å². The number of hydroxylamine groups is 2. The summed E-state index contributed by atoms with van der Waals surface area (Å²) in [5.41, 5.74) is 0.318. The van der Waals surface area contributed by atoms with E-state index in [-0.39, 0.29) is 48.3 Å². The van der Waals surface area contributed by atoms with Gasteiger partial charge in [0.2, 0.25) is 11.8 Å². The lowest BCUT2D eigenvalue weighted by Gasteiger charge is -2.62. The number of amides is 2. The van der Waals surface area contributed by atoms with Gasteiger partial charge in [-0.15, -0.1) is 0 Å². The zero-order valence-electron chi connectivity index (χ0n) is 33.9. The van der Waals surface area contributed by atoms with Crippen molar-refractivity contribution in [3.05, 3.63) is 0 Å². The second kappa shape index (κ2) is 17.8. The molecule has 2 aliphatic heterocycles. The average molecular weight is 747 g/mol. The number of nitrogens with zero attached hydrogens (tertiary/aromatic N) is 2. The summed E-state index contributed by atoms with van der Waals surface area (Å²) in [6.45, 7) is 11.4. The number of aliphatic hydroxyl groups is 2.